The lowest BCUT2D eigenvalue weighted by molar-refractivity contribution is -0.133. The van der Waals surface area contributed by atoms with Crippen LogP contribution in [0.15, 0.2) is 48.1 Å². The average Bonchev–Trinajstić information content (AvgIpc) is 2.42. The van der Waals surface area contributed by atoms with E-state index in [2.05, 4.69) is 33.9 Å². The molecule has 0 atom stereocenters. The van der Waals surface area contributed by atoms with Crippen molar-refractivity contribution in [3.05, 3.63) is 53.6 Å². The topological polar surface area (TPSA) is 46.5 Å². The molecule has 1 rings (SSSR count). The zero-order chi connectivity index (χ0) is 16.8. The first-order valence-corrected chi connectivity index (χ1v) is 10.3. The fourth-order valence-electron chi connectivity index (χ4n) is 1.50. The molecular weight excluding hydrogens is 292 g/mol. The zero-order valence-electron chi connectivity index (χ0n) is 14.1. The summed E-state index contributed by atoms with van der Waals surface area (Å²) >= 11 is 0. The summed E-state index contributed by atoms with van der Waals surface area (Å²) in [6.07, 6.45) is 5.26. The number of aliphatic carboxylic acids is 1. The van der Waals surface area contributed by atoms with Gasteiger partial charge < -0.3 is 9.53 Å². The minimum Gasteiger partial charge on any atom is -0.478 e. The molecule has 0 bridgehead atoms. The summed E-state index contributed by atoms with van der Waals surface area (Å²) in [5.74, 6) is -0.934. The van der Waals surface area contributed by atoms with Crippen molar-refractivity contribution in [3.63, 3.8) is 0 Å². The van der Waals surface area contributed by atoms with Gasteiger partial charge in [-0.1, -0.05) is 63.3 Å². The number of benzene rings is 1. The Hall–Kier alpha value is -1.65. The fraction of sp³-hybridized carbons (Fsp3) is 0.389. The molecule has 0 heterocycles. The molecule has 0 spiro atoms. The van der Waals surface area contributed by atoms with Gasteiger partial charge in [-0.2, -0.15) is 0 Å². The van der Waals surface area contributed by atoms with Crippen molar-refractivity contribution in [2.45, 2.75) is 38.9 Å². The van der Waals surface area contributed by atoms with Gasteiger partial charge in [0.2, 0.25) is 0 Å². The summed E-state index contributed by atoms with van der Waals surface area (Å²) in [6.45, 7) is 10.8. The molecule has 120 valence electrons. The minimum atomic E-state index is -1.94. The Morgan fingerprint density at radius 1 is 1.23 bits per heavy atom. The number of hydrogen-bond acceptors (Lipinski definition) is 2. The van der Waals surface area contributed by atoms with Crippen molar-refractivity contribution in [3.8, 4) is 0 Å². The molecule has 0 radical (unpaired) electrons. The molecule has 4 heteroatoms. The molecule has 0 aliphatic carbocycles. The van der Waals surface area contributed by atoms with Crippen LogP contribution < -0.4 is 0 Å². The third-order valence-electron chi connectivity index (χ3n) is 4.06. The summed E-state index contributed by atoms with van der Waals surface area (Å²) in [4.78, 5) is 11.3. The van der Waals surface area contributed by atoms with E-state index in [1.807, 2.05) is 36.4 Å². The van der Waals surface area contributed by atoms with Crippen molar-refractivity contribution in [1.82, 2.24) is 0 Å². The van der Waals surface area contributed by atoms with E-state index in [1.165, 1.54) is 0 Å². The van der Waals surface area contributed by atoms with Crippen LogP contribution in [0.2, 0.25) is 18.1 Å². The second kappa shape index (κ2) is 7.56. The maximum absolute atomic E-state index is 11.3. The van der Waals surface area contributed by atoms with Gasteiger partial charge in [0, 0.05) is 0 Å². The van der Waals surface area contributed by atoms with Crippen LogP contribution >= 0.6 is 0 Å². The first-order valence-electron chi connectivity index (χ1n) is 7.43. The van der Waals surface area contributed by atoms with Gasteiger partial charge in [0.25, 0.3) is 0 Å². The largest absolute Gasteiger partial charge is 0.478 e. The van der Waals surface area contributed by atoms with Gasteiger partial charge in [0.15, 0.2) is 8.32 Å². The van der Waals surface area contributed by atoms with Crippen LogP contribution in [-0.2, 0) is 9.22 Å². The van der Waals surface area contributed by atoms with Gasteiger partial charge in [0.05, 0.1) is 12.2 Å². The van der Waals surface area contributed by atoms with Gasteiger partial charge in [0.1, 0.15) is 0 Å². The molecule has 1 aromatic rings. The molecule has 3 nitrogen and oxygen atoms in total. The number of hydrogen-bond donors (Lipinski definition) is 1. The smallest absolute Gasteiger partial charge is 0.333 e. The van der Waals surface area contributed by atoms with E-state index >= 15 is 0 Å². The molecule has 0 aliphatic rings. The average molecular weight is 318 g/mol. The van der Waals surface area contributed by atoms with Gasteiger partial charge >= 0.3 is 5.97 Å². The molecular formula is C18H26O3Si. The summed E-state index contributed by atoms with van der Waals surface area (Å²) in [7, 11) is -1.94. The van der Waals surface area contributed by atoms with Gasteiger partial charge in [-0.3, -0.25) is 0 Å². The standard InChI is InChI=1S/C18H26O3Si/c1-18(2,3)22(4,5)21-14-16(17(19)20)13-9-12-15-10-7-6-8-11-15/h6-13H,14H2,1-5H3,(H,19,20)/b12-9+,16-13+. The molecule has 0 aromatic heterocycles. The van der Waals surface area contributed by atoms with E-state index in [9.17, 15) is 9.90 Å². The first kappa shape index (κ1) is 18.4. The van der Waals surface area contributed by atoms with Crippen LogP contribution in [0.1, 0.15) is 26.3 Å². The normalized spacial score (nSPS) is 13.6. The molecule has 0 unspecified atom stereocenters. The van der Waals surface area contributed by atoms with Crippen LogP contribution in [0, 0.1) is 0 Å². The lowest BCUT2D eigenvalue weighted by Gasteiger charge is -2.36. The van der Waals surface area contributed by atoms with Gasteiger partial charge in [-0.05, 0) is 29.8 Å². The lowest BCUT2D eigenvalue weighted by Crippen LogP contribution is -2.41. The highest BCUT2D eigenvalue weighted by Gasteiger charge is 2.37. The van der Waals surface area contributed by atoms with Crippen molar-refractivity contribution in [1.29, 1.82) is 0 Å². The first-order chi connectivity index (χ1) is 10.1. The number of carboxylic acids is 1. The van der Waals surface area contributed by atoms with E-state index in [0.717, 1.165) is 5.56 Å². The predicted octanol–water partition coefficient (Wildman–Crippen LogP) is 4.73. The van der Waals surface area contributed by atoms with Crippen molar-refractivity contribution < 1.29 is 14.3 Å². The molecule has 22 heavy (non-hydrogen) atoms. The molecule has 0 saturated carbocycles. The maximum atomic E-state index is 11.3. The SMILES string of the molecule is CC(C)(C)[Si](C)(C)OC/C(=C\C=C\c1ccccc1)C(=O)O. The molecule has 1 N–H and O–H groups in total. The lowest BCUT2D eigenvalue weighted by atomic mass is 10.2. The Labute approximate surface area is 134 Å². The Kier molecular flexibility index (Phi) is 6.32. The van der Waals surface area contributed by atoms with E-state index in [4.69, 9.17) is 4.43 Å². The highest BCUT2D eigenvalue weighted by molar-refractivity contribution is 6.74. The number of rotatable bonds is 6. The quantitative estimate of drug-likeness (QED) is 0.468. The van der Waals surface area contributed by atoms with E-state index in [1.54, 1.807) is 12.2 Å². The molecule has 0 amide bonds. The summed E-state index contributed by atoms with van der Waals surface area (Å²) in [5.41, 5.74) is 1.31. The van der Waals surface area contributed by atoms with Crippen LogP contribution in [0.4, 0.5) is 0 Å². The van der Waals surface area contributed by atoms with Crippen LogP contribution in [0.5, 0.6) is 0 Å². The zero-order valence-corrected chi connectivity index (χ0v) is 15.1. The Morgan fingerprint density at radius 2 is 1.82 bits per heavy atom. The van der Waals surface area contributed by atoms with Crippen molar-refractivity contribution in [2.75, 3.05) is 6.61 Å². The second-order valence-electron chi connectivity index (χ2n) is 6.82. The van der Waals surface area contributed by atoms with E-state index in [-0.39, 0.29) is 17.2 Å². The van der Waals surface area contributed by atoms with Gasteiger partial charge in [-0.15, -0.1) is 0 Å². The molecule has 0 fully saturated rings. The Bertz CT molecular complexity index is 551. The fourth-order valence-corrected chi connectivity index (χ4v) is 2.44. The number of carboxylic acid groups (broad SMARTS) is 1. The number of carbonyl (C=O) groups is 1. The van der Waals surface area contributed by atoms with E-state index in [0.29, 0.717) is 0 Å². The number of allylic oxidation sites excluding steroid dienone is 2. The Balaban J connectivity index is 2.76. The van der Waals surface area contributed by atoms with Crippen molar-refractivity contribution in [2.24, 2.45) is 0 Å². The summed E-state index contributed by atoms with van der Waals surface area (Å²) in [5, 5.41) is 9.37. The molecule has 0 aliphatic heterocycles. The van der Waals surface area contributed by atoms with Gasteiger partial charge in [-0.25, -0.2) is 4.79 Å². The molecule has 1 aromatic carbocycles. The van der Waals surface area contributed by atoms with Crippen molar-refractivity contribution >= 4 is 20.4 Å². The Morgan fingerprint density at radius 3 is 2.32 bits per heavy atom. The monoisotopic (exact) mass is 318 g/mol. The molecule has 0 saturated heterocycles. The van der Waals surface area contributed by atoms with Crippen LogP contribution in [0.25, 0.3) is 6.08 Å². The predicted molar refractivity (Wildman–Crippen MR) is 94.3 cm³/mol. The summed E-state index contributed by atoms with van der Waals surface area (Å²) < 4.78 is 5.98. The highest BCUT2D eigenvalue weighted by Crippen LogP contribution is 2.36. The minimum absolute atomic E-state index is 0.0660. The highest BCUT2D eigenvalue weighted by atomic mass is 28.4. The third-order valence-corrected chi connectivity index (χ3v) is 8.53. The third kappa shape index (κ3) is 5.62. The second-order valence-corrected chi connectivity index (χ2v) is 11.6. The maximum Gasteiger partial charge on any atom is 0.333 e. The summed E-state index contributed by atoms with van der Waals surface area (Å²) in [6, 6.07) is 9.78. The van der Waals surface area contributed by atoms with E-state index < -0.39 is 14.3 Å². The van der Waals surface area contributed by atoms with Crippen LogP contribution in [-0.4, -0.2) is 26.0 Å². The van der Waals surface area contributed by atoms with Crippen LogP contribution in [0.3, 0.4) is 0 Å².